The Balaban J connectivity index is 4.43. The number of esters is 3. The van der Waals surface area contributed by atoms with Gasteiger partial charge in [-0.05, 0) is 103 Å². The normalized spacial score (nSPS) is 12.7. The highest BCUT2D eigenvalue weighted by Crippen LogP contribution is 2.13. The fourth-order valence-corrected chi connectivity index (χ4v) is 6.47. The fourth-order valence-electron chi connectivity index (χ4n) is 6.47. The third-order valence-corrected chi connectivity index (χ3v) is 10.2. The molecule has 6 heteroatoms. The summed E-state index contributed by atoms with van der Waals surface area (Å²) in [7, 11) is 0. The summed E-state index contributed by atoms with van der Waals surface area (Å²) in [6.07, 6.45) is 58.8. The molecular formula is C53H90O6. The van der Waals surface area contributed by atoms with Crippen LogP contribution in [0.4, 0.5) is 0 Å². The molecule has 0 N–H and O–H groups in total. The molecule has 0 saturated heterocycles. The number of hydrogen-bond acceptors (Lipinski definition) is 6. The first-order chi connectivity index (χ1) is 29.0. The van der Waals surface area contributed by atoms with Crippen LogP contribution >= 0.6 is 0 Å². The van der Waals surface area contributed by atoms with E-state index in [1.165, 1.54) is 70.6 Å². The van der Waals surface area contributed by atoms with Crippen LogP contribution in [0.15, 0.2) is 72.9 Å². The standard InChI is InChI=1S/C53H90O6/c1-4-7-10-13-16-19-22-24-25-26-27-29-31-34-37-40-43-46-52(55)58-49-50(48-57-51(54)45-42-39-36-33-30-21-18-15-12-9-6-3)59-53(56)47-44-41-38-35-32-28-23-20-17-14-11-8-5-2/h7,10,15-16,18-20,23-25,27,29,50H,4-6,8-9,11-14,17,21-22,26,28,30-49H2,1-3H3/b10-7-,18-15-,19-16-,23-20-,25-24-,29-27-/t50-/m0/s1. The lowest BCUT2D eigenvalue weighted by Gasteiger charge is -2.18. The highest BCUT2D eigenvalue weighted by Gasteiger charge is 2.19. The molecule has 0 aliphatic rings. The minimum Gasteiger partial charge on any atom is -0.462 e. The zero-order valence-corrected chi connectivity index (χ0v) is 38.5. The Morgan fingerprint density at radius 3 is 1.10 bits per heavy atom. The van der Waals surface area contributed by atoms with Crippen molar-refractivity contribution in [2.75, 3.05) is 13.2 Å². The van der Waals surface area contributed by atoms with Crippen LogP contribution in [-0.4, -0.2) is 37.2 Å². The van der Waals surface area contributed by atoms with E-state index in [1.54, 1.807) is 0 Å². The van der Waals surface area contributed by atoms with E-state index in [-0.39, 0.29) is 31.1 Å². The molecule has 0 aliphatic carbocycles. The van der Waals surface area contributed by atoms with E-state index >= 15 is 0 Å². The summed E-state index contributed by atoms with van der Waals surface area (Å²) < 4.78 is 16.7. The molecule has 1 atom stereocenters. The maximum atomic E-state index is 12.7. The molecule has 0 radical (unpaired) electrons. The van der Waals surface area contributed by atoms with Crippen molar-refractivity contribution in [1.82, 2.24) is 0 Å². The zero-order chi connectivity index (χ0) is 43.0. The quantitative estimate of drug-likeness (QED) is 0.0264. The van der Waals surface area contributed by atoms with Crippen LogP contribution in [0.25, 0.3) is 0 Å². The smallest absolute Gasteiger partial charge is 0.306 e. The van der Waals surface area contributed by atoms with Gasteiger partial charge in [0.2, 0.25) is 0 Å². The van der Waals surface area contributed by atoms with Crippen molar-refractivity contribution in [3.05, 3.63) is 72.9 Å². The van der Waals surface area contributed by atoms with Gasteiger partial charge in [0.15, 0.2) is 6.10 Å². The van der Waals surface area contributed by atoms with Crippen molar-refractivity contribution in [2.45, 2.75) is 232 Å². The van der Waals surface area contributed by atoms with Crippen molar-refractivity contribution in [1.29, 1.82) is 0 Å². The second-order valence-electron chi connectivity index (χ2n) is 16.0. The lowest BCUT2D eigenvalue weighted by atomic mass is 10.1. The first kappa shape index (κ1) is 55.9. The first-order valence-corrected chi connectivity index (χ1v) is 24.4. The summed E-state index contributed by atoms with van der Waals surface area (Å²) in [5.41, 5.74) is 0. The Labute approximate surface area is 363 Å². The molecule has 0 spiro atoms. The summed E-state index contributed by atoms with van der Waals surface area (Å²) in [6.45, 7) is 6.42. The van der Waals surface area contributed by atoms with Gasteiger partial charge in [0, 0.05) is 19.3 Å². The maximum Gasteiger partial charge on any atom is 0.306 e. The molecule has 0 aromatic rings. The number of allylic oxidation sites excluding steroid dienone is 12. The van der Waals surface area contributed by atoms with Crippen molar-refractivity contribution in [3.8, 4) is 0 Å². The molecule has 0 amide bonds. The topological polar surface area (TPSA) is 78.9 Å². The minimum atomic E-state index is -0.791. The molecule has 338 valence electrons. The number of hydrogen-bond donors (Lipinski definition) is 0. The van der Waals surface area contributed by atoms with Crippen molar-refractivity contribution >= 4 is 17.9 Å². The van der Waals surface area contributed by atoms with E-state index < -0.39 is 6.10 Å². The van der Waals surface area contributed by atoms with E-state index in [1.807, 2.05) is 0 Å². The molecule has 0 rings (SSSR count). The summed E-state index contributed by atoms with van der Waals surface area (Å²) in [6, 6.07) is 0. The lowest BCUT2D eigenvalue weighted by Crippen LogP contribution is -2.30. The minimum absolute atomic E-state index is 0.0916. The van der Waals surface area contributed by atoms with E-state index in [9.17, 15) is 14.4 Å². The van der Waals surface area contributed by atoms with Crippen LogP contribution < -0.4 is 0 Å². The first-order valence-electron chi connectivity index (χ1n) is 24.4. The fraction of sp³-hybridized carbons (Fsp3) is 0.717. The molecule has 0 saturated carbocycles. The molecule has 0 heterocycles. The molecule has 0 aromatic carbocycles. The maximum absolute atomic E-state index is 12.7. The van der Waals surface area contributed by atoms with Crippen LogP contribution in [0.2, 0.25) is 0 Å². The van der Waals surface area contributed by atoms with Gasteiger partial charge in [0.1, 0.15) is 13.2 Å². The average molecular weight is 823 g/mol. The number of carbonyl (C=O) groups excluding carboxylic acids is 3. The molecule has 0 unspecified atom stereocenters. The van der Waals surface area contributed by atoms with E-state index in [0.29, 0.717) is 19.3 Å². The Bertz CT molecular complexity index is 1130. The average Bonchev–Trinajstić information content (AvgIpc) is 3.23. The second kappa shape index (κ2) is 47.5. The molecule has 59 heavy (non-hydrogen) atoms. The molecule has 6 nitrogen and oxygen atoms in total. The highest BCUT2D eigenvalue weighted by atomic mass is 16.6. The van der Waals surface area contributed by atoms with E-state index in [0.717, 1.165) is 116 Å². The number of unbranched alkanes of at least 4 members (excludes halogenated alkanes) is 20. The summed E-state index contributed by atoms with van der Waals surface area (Å²) in [4.78, 5) is 37.8. The third kappa shape index (κ3) is 45.8. The molecule has 0 aromatic heterocycles. The largest absolute Gasteiger partial charge is 0.462 e. The predicted octanol–water partition coefficient (Wildman–Crippen LogP) is 15.9. The van der Waals surface area contributed by atoms with Gasteiger partial charge in [-0.1, -0.05) is 177 Å². The summed E-state index contributed by atoms with van der Waals surface area (Å²) >= 11 is 0. The Morgan fingerprint density at radius 2 is 0.678 bits per heavy atom. The van der Waals surface area contributed by atoms with Gasteiger partial charge < -0.3 is 14.2 Å². The molecule has 0 aliphatic heterocycles. The van der Waals surface area contributed by atoms with Crippen molar-refractivity contribution in [3.63, 3.8) is 0 Å². The van der Waals surface area contributed by atoms with E-state index in [4.69, 9.17) is 14.2 Å². The Kier molecular flexibility index (Phi) is 45.0. The summed E-state index contributed by atoms with van der Waals surface area (Å²) in [5.74, 6) is -0.937. The highest BCUT2D eigenvalue weighted by molar-refractivity contribution is 5.71. The third-order valence-electron chi connectivity index (χ3n) is 10.2. The van der Waals surface area contributed by atoms with E-state index in [2.05, 4.69) is 93.7 Å². The van der Waals surface area contributed by atoms with Gasteiger partial charge in [-0.15, -0.1) is 0 Å². The van der Waals surface area contributed by atoms with Crippen molar-refractivity contribution in [2.24, 2.45) is 0 Å². The Morgan fingerprint density at radius 1 is 0.356 bits per heavy atom. The monoisotopic (exact) mass is 823 g/mol. The Hall–Kier alpha value is -3.15. The number of rotatable bonds is 43. The SMILES string of the molecule is CC/C=C\C/C=C\C/C=C\C/C=C\CCCCCCC(=O)OC[C@H](COC(=O)CCCCCCC/C=C\CCCC)OC(=O)CCCCCCC/C=C\CCCCCC. The van der Waals surface area contributed by atoms with Gasteiger partial charge in [0.25, 0.3) is 0 Å². The van der Waals surface area contributed by atoms with Gasteiger partial charge in [-0.2, -0.15) is 0 Å². The van der Waals surface area contributed by atoms with Crippen LogP contribution in [0.3, 0.4) is 0 Å². The van der Waals surface area contributed by atoms with Crippen LogP contribution in [-0.2, 0) is 28.6 Å². The van der Waals surface area contributed by atoms with Gasteiger partial charge in [-0.25, -0.2) is 0 Å². The molecular weight excluding hydrogens is 733 g/mol. The number of carbonyl (C=O) groups is 3. The molecule has 0 fully saturated rings. The predicted molar refractivity (Wildman–Crippen MR) is 251 cm³/mol. The van der Waals surface area contributed by atoms with Gasteiger partial charge in [-0.3, -0.25) is 14.4 Å². The lowest BCUT2D eigenvalue weighted by molar-refractivity contribution is -0.167. The van der Waals surface area contributed by atoms with Crippen LogP contribution in [0.5, 0.6) is 0 Å². The zero-order valence-electron chi connectivity index (χ0n) is 38.5. The van der Waals surface area contributed by atoms with Gasteiger partial charge >= 0.3 is 17.9 Å². The summed E-state index contributed by atoms with van der Waals surface area (Å²) in [5, 5.41) is 0. The molecule has 0 bridgehead atoms. The number of ether oxygens (including phenoxy) is 3. The van der Waals surface area contributed by atoms with Gasteiger partial charge in [0.05, 0.1) is 0 Å². The second-order valence-corrected chi connectivity index (χ2v) is 16.0. The van der Waals surface area contributed by atoms with Crippen LogP contribution in [0.1, 0.15) is 226 Å². The van der Waals surface area contributed by atoms with Crippen molar-refractivity contribution < 1.29 is 28.6 Å². The van der Waals surface area contributed by atoms with Crippen LogP contribution in [0, 0.1) is 0 Å².